The molecule has 9 aromatic heterocycles. The second-order valence-corrected chi connectivity index (χ2v) is 31.2. The van der Waals surface area contributed by atoms with Gasteiger partial charge in [-0.3, -0.25) is 20.4 Å². The fraction of sp³-hybridized carbons (Fsp3) is 0.222. The summed E-state index contributed by atoms with van der Waals surface area (Å²) in [6.45, 7) is 9.68. The average molecular weight is 1690 g/mol. The van der Waals surface area contributed by atoms with Gasteiger partial charge >= 0.3 is 24.1 Å². The number of nitriles is 1. The van der Waals surface area contributed by atoms with Gasteiger partial charge in [0, 0.05) is 112 Å². The van der Waals surface area contributed by atoms with Crippen LogP contribution in [0.25, 0.3) is 42.3 Å². The number of fused-ring (bicyclic) bond motifs is 4. The third-order valence-corrected chi connectivity index (χ3v) is 23.4. The van der Waals surface area contributed by atoms with Gasteiger partial charge in [0.1, 0.15) is 45.1 Å². The summed E-state index contributed by atoms with van der Waals surface area (Å²) < 4.78 is 55.8. The minimum Gasteiger partial charge on any atom is -0.317 e. The standard InChI is InChI=1S/C19H16FN5OS.2C18H16BrFN4OS.C17H15BrFN5OS/c1-11-7-16-14(18(24-23-16)17-3-2-6-27-17)10-25(11)19(26)22-13-4-5-15(20)12(8-13)9-21;1-10-8-14-11(17(23-22-14)15-6-3-7-26-15)9-24(10)18(25)21-13-5-2-4-12(19)16(13)20;1-10-7-15-12(17(23-22-15)16-3-2-6-26-16)9-24(10)18(25)21-11-4-5-14(20)13(19)8-11;1-9-7-12-10(15(23-22-12)13-3-2-6-26-13)8-24(9)17(25)21-11-4-5-20-16(18)14(11)19/h2-6,8,11H,7,10H2,1H3,(H,22,26)(H,23,24);2-7,10H,8-9H2,1H3,(H,21,25)(H,22,23);2-6,8,10H,7,9H2,1H3,(H,21,25)(H,22,23);2-6,9H,7-8H2,1H3,(H,22,23)(H,20,21,25). The second kappa shape index (κ2) is 32.3. The largest absolute Gasteiger partial charge is 0.322 e. The van der Waals surface area contributed by atoms with Gasteiger partial charge in [0.05, 0.1) is 71.6 Å². The lowest BCUT2D eigenvalue weighted by atomic mass is 9.99. The number of amides is 8. The fourth-order valence-electron chi connectivity index (χ4n) is 12.6. The number of aromatic nitrogens is 9. The molecular weight excluding hydrogens is 1620 g/mol. The Morgan fingerprint density at radius 1 is 0.457 bits per heavy atom. The molecule has 0 radical (unpaired) electrons. The van der Waals surface area contributed by atoms with Crippen LogP contribution in [0.2, 0.25) is 0 Å². The Hall–Kier alpha value is -9.82. The van der Waals surface area contributed by atoms with Gasteiger partial charge in [-0.25, -0.2) is 41.7 Å². The Kier molecular flexibility index (Phi) is 22.6. The molecule has 0 bridgehead atoms. The van der Waals surface area contributed by atoms with E-state index in [1.165, 1.54) is 36.5 Å². The lowest BCUT2D eigenvalue weighted by Crippen LogP contribution is -2.44. The summed E-state index contributed by atoms with van der Waals surface area (Å²) in [4.78, 5) is 66.1. The van der Waals surface area contributed by atoms with Crippen LogP contribution in [0.4, 0.5) is 59.5 Å². The number of rotatable bonds is 8. The zero-order valence-electron chi connectivity index (χ0n) is 56.1. The molecule has 3 aromatic carbocycles. The summed E-state index contributed by atoms with van der Waals surface area (Å²) in [5, 5.41) is 58.1. The number of hydrogen-bond donors (Lipinski definition) is 8. The van der Waals surface area contributed by atoms with Crippen LogP contribution in [-0.2, 0) is 51.9 Å². The molecule has 0 aliphatic carbocycles. The molecule has 8 amide bonds. The highest BCUT2D eigenvalue weighted by molar-refractivity contribution is 9.11. The molecule has 0 fully saturated rings. The molecule has 4 aliphatic rings. The zero-order chi connectivity index (χ0) is 73.7. The predicted octanol–water partition coefficient (Wildman–Crippen LogP) is 18.6. The predicted molar refractivity (Wildman–Crippen MR) is 410 cm³/mol. The number of nitrogens with one attached hydrogen (secondary N) is 8. The molecule has 105 heavy (non-hydrogen) atoms. The normalized spacial score (nSPS) is 16.3. The third kappa shape index (κ3) is 16.2. The highest BCUT2D eigenvalue weighted by Gasteiger charge is 2.36. The number of halogens is 7. The van der Waals surface area contributed by atoms with Gasteiger partial charge in [-0.05, 0) is 176 Å². The van der Waals surface area contributed by atoms with E-state index in [9.17, 15) is 36.7 Å². The summed E-state index contributed by atoms with van der Waals surface area (Å²) in [7, 11) is 0. The molecule has 33 heteroatoms. The lowest BCUT2D eigenvalue weighted by molar-refractivity contribution is 0.181. The summed E-state index contributed by atoms with van der Waals surface area (Å²) in [6.07, 6.45) is 4.18. The summed E-state index contributed by atoms with van der Waals surface area (Å²) >= 11 is 15.8. The highest BCUT2D eigenvalue weighted by atomic mass is 79.9. The Labute approximate surface area is 640 Å². The van der Waals surface area contributed by atoms with Crippen molar-refractivity contribution in [2.45, 2.75) is 104 Å². The van der Waals surface area contributed by atoms with Crippen LogP contribution >= 0.6 is 93.1 Å². The zero-order valence-corrected chi connectivity index (χ0v) is 64.2. The van der Waals surface area contributed by atoms with Crippen LogP contribution in [-0.4, -0.2) is 114 Å². The van der Waals surface area contributed by atoms with Crippen molar-refractivity contribution in [1.29, 1.82) is 5.26 Å². The van der Waals surface area contributed by atoms with Gasteiger partial charge < -0.3 is 40.9 Å². The first-order valence-corrected chi connectivity index (χ1v) is 38.7. The smallest absolute Gasteiger partial charge is 0.317 e. The summed E-state index contributed by atoms with van der Waals surface area (Å²) in [5.74, 6) is -2.04. The van der Waals surface area contributed by atoms with Crippen molar-refractivity contribution < 1.29 is 36.7 Å². The van der Waals surface area contributed by atoms with Crippen LogP contribution in [0.15, 0.2) is 150 Å². The van der Waals surface area contributed by atoms with E-state index in [4.69, 9.17) is 5.26 Å². The van der Waals surface area contributed by atoms with Gasteiger partial charge in [0.15, 0.2) is 11.6 Å². The van der Waals surface area contributed by atoms with Crippen molar-refractivity contribution in [3.8, 4) is 48.4 Å². The van der Waals surface area contributed by atoms with Crippen LogP contribution in [0.3, 0.4) is 0 Å². The molecule has 0 saturated heterocycles. The molecule has 22 nitrogen and oxygen atoms in total. The number of carbonyl (C=O) groups excluding carboxylic acids is 4. The quantitative estimate of drug-likeness (QED) is 0.0526. The molecule has 4 atom stereocenters. The van der Waals surface area contributed by atoms with Crippen LogP contribution < -0.4 is 21.3 Å². The summed E-state index contributed by atoms with van der Waals surface area (Å²) in [5.41, 5.74) is 13.0. The number of H-pyrrole nitrogens is 4. The third-order valence-electron chi connectivity index (χ3n) is 18.1. The van der Waals surface area contributed by atoms with Crippen LogP contribution in [0.5, 0.6) is 0 Å². The maximum Gasteiger partial charge on any atom is 0.322 e. The number of urea groups is 4. The lowest BCUT2D eigenvalue weighted by Gasteiger charge is -2.33. The molecule has 0 saturated carbocycles. The number of nitrogens with zero attached hydrogens (tertiary/aromatic N) is 10. The Morgan fingerprint density at radius 2 is 0.819 bits per heavy atom. The SMILES string of the molecule is CC1Cc2[nH]nc(-c3cccs3)c2CN1C(=O)Nc1ccc(F)c(Br)c1.CC1Cc2[nH]nc(-c3cccs3)c2CN1C(=O)Nc1ccc(F)c(C#N)c1.CC1Cc2[nH]nc(-c3cccs3)c2CN1C(=O)Nc1cccc(Br)c1F.CC1Cc2[nH]nc(-c3cccs3)c2CN1C(=O)Nc1ccnc(Br)c1F. The van der Waals surface area contributed by atoms with Crippen molar-refractivity contribution in [2.24, 2.45) is 0 Å². The number of anilines is 4. The van der Waals surface area contributed by atoms with Crippen LogP contribution in [0, 0.1) is 34.6 Å². The number of hydrogen-bond acceptors (Lipinski definition) is 14. The number of thiophene rings is 4. The molecular formula is C72H63Br3F4N18O4S4. The maximum atomic E-state index is 14.2. The second-order valence-electron chi connectivity index (χ2n) is 25.0. The minimum atomic E-state index is -0.606. The molecule has 538 valence electrons. The van der Waals surface area contributed by atoms with Gasteiger partial charge in [0.2, 0.25) is 0 Å². The van der Waals surface area contributed by atoms with E-state index < -0.39 is 17.5 Å². The number of carbonyl (C=O) groups is 4. The maximum absolute atomic E-state index is 14.2. The highest BCUT2D eigenvalue weighted by Crippen LogP contribution is 2.39. The topological polar surface area (TPSA) is 281 Å². The van der Waals surface area contributed by atoms with Gasteiger partial charge in [-0.15, -0.1) is 45.3 Å². The van der Waals surface area contributed by atoms with Crippen molar-refractivity contribution in [3.63, 3.8) is 0 Å². The molecule has 4 unspecified atom stereocenters. The van der Waals surface area contributed by atoms with E-state index in [-0.39, 0.29) is 75.7 Å². The monoisotopic (exact) mass is 1680 g/mol. The van der Waals surface area contributed by atoms with Crippen molar-refractivity contribution in [2.75, 3.05) is 21.3 Å². The van der Waals surface area contributed by atoms with Crippen molar-refractivity contribution in [3.05, 3.63) is 224 Å². The number of pyridine rings is 1. The fourth-order valence-corrected chi connectivity index (χ4v) is 16.6. The van der Waals surface area contributed by atoms with Crippen molar-refractivity contribution in [1.82, 2.24) is 65.4 Å². The molecule has 8 N–H and O–H groups in total. The molecule has 4 aliphatic heterocycles. The average Bonchev–Trinajstić information content (AvgIpc) is 1.68. The van der Waals surface area contributed by atoms with Crippen LogP contribution in [0.1, 0.15) is 78.3 Å². The van der Waals surface area contributed by atoms with E-state index >= 15 is 0 Å². The Balaban J connectivity index is 0.000000124. The van der Waals surface area contributed by atoms with Crippen molar-refractivity contribution >= 4 is 140 Å². The first-order chi connectivity index (χ1) is 50.7. The number of benzene rings is 3. The first kappa shape index (κ1) is 73.5. The Morgan fingerprint density at radius 3 is 1.18 bits per heavy atom. The molecule has 12 aromatic rings. The van der Waals surface area contributed by atoms with E-state index in [0.717, 1.165) is 87.3 Å². The van der Waals surface area contributed by atoms with Gasteiger partial charge in [0.25, 0.3) is 0 Å². The van der Waals surface area contributed by atoms with E-state index in [0.29, 0.717) is 72.2 Å². The van der Waals surface area contributed by atoms with E-state index in [1.807, 2.05) is 97.7 Å². The Bertz CT molecular complexity index is 5020. The molecule has 13 heterocycles. The molecule has 16 rings (SSSR count). The minimum absolute atomic E-state index is 0.0191. The first-order valence-electron chi connectivity index (χ1n) is 32.8. The number of aromatic amines is 4. The van der Waals surface area contributed by atoms with E-state index in [1.54, 1.807) is 101 Å². The van der Waals surface area contributed by atoms with E-state index in [2.05, 4.69) is 115 Å². The van der Waals surface area contributed by atoms with Gasteiger partial charge in [-0.2, -0.15) is 25.7 Å². The van der Waals surface area contributed by atoms with Gasteiger partial charge in [-0.1, -0.05) is 30.3 Å². The summed E-state index contributed by atoms with van der Waals surface area (Å²) in [6, 6.07) is 31.2. The molecule has 0 spiro atoms.